The number of unbranched alkanes of at least 4 members (excludes halogenated alkanes) is 1. The maximum Gasteiger partial charge on any atom is 0.158 e. The Kier molecular flexibility index (Phi) is 5.13. The molecule has 3 heterocycles. The van der Waals surface area contributed by atoms with Crippen LogP contribution in [0.15, 0.2) is 18.6 Å². The smallest absolute Gasteiger partial charge is 0.158 e. The van der Waals surface area contributed by atoms with E-state index in [1.165, 1.54) is 0 Å². The Morgan fingerprint density at radius 3 is 2.91 bits per heavy atom. The van der Waals surface area contributed by atoms with Crippen molar-refractivity contribution in [2.75, 3.05) is 19.8 Å². The average molecular weight is 318 g/mol. The molecule has 0 amide bonds. The molecule has 0 bridgehead atoms. The summed E-state index contributed by atoms with van der Waals surface area (Å²) in [5.41, 5.74) is 0.833. The van der Waals surface area contributed by atoms with Crippen molar-refractivity contribution in [1.29, 1.82) is 0 Å². The van der Waals surface area contributed by atoms with E-state index in [9.17, 15) is 5.11 Å². The van der Waals surface area contributed by atoms with Crippen molar-refractivity contribution in [3.8, 4) is 11.5 Å². The molecular formula is C17H26N4O2. The van der Waals surface area contributed by atoms with Gasteiger partial charge >= 0.3 is 0 Å². The molecule has 23 heavy (non-hydrogen) atoms. The molecule has 126 valence electrons. The van der Waals surface area contributed by atoms with Gasteiger partial charge in [-0.25, -0.2) is 9.97 Å². The number of aryl methyl sites for hydroxylation is 1. The first kappa shape index (κ1) is 16.2. The molecule has 0 aromatic carbocycles. The molecule has 0 unspecified atom stereocenters. The van der Waals surface area contributed by atoms with E-state index in [2.05, 4.69) is 26.4 Å². The van der Waals surface area contributed by atoms with Crippen LogP contribution in [0.3, 0.4) is 0 Å². The molecule has 0 saturated carbocycles. The van der Waals surface area contributed by atoms with Crippen molar-refractivity contribution in [1.82, 2.24) is 19.5 Å². The summed E-state index contributed by atoms with van der Waals surface area (Å²) in [6.07, 6.45) is 10.7. The minimum Gasteiger partial charge on any atom is -0.396 e. The predicted octanol–water partition coefficient (Wildman–Crippen LogP) is 2.40. The van der Waals surface area contributed by atoms with Crippen molar-refractivity contribution >= 4 is 0 Å². The predicted molar refractivity (Wildman–Crippen MR) is 88.0 cm³/mol. The Morgan fingerprint density at radius 1 is 1.35 bits per heavy atom. The topological polar surface area (TPSA) is 76.0 Å². The molecule has 1 aliphatic heterocycles. The lowest BCUT2D eigenvalue weighted by molar-refractivity contribution is -0.0250. The molecule has 6 nitrogen and oxygen atoms in total. The lowest BCUT2D eigenvalue weighted by atomic mass is 9.81. The lowest BCUT2D eigenvalue weighted by Crippen LogP contribution is -2.37. The highest BCUT2D eigenvalue weighted by molar-refractivity contribution is 5.48. The lowest BCUT2D eigenvalue weighted by Gasteiger charge is -2.36. The van der Waals surface area contributed by atoms with Crippen LogP contribution in [-0.4, -0.2) is 44.4 Å². The summed E-state index contributed by atoms with van der Waals surface area (Å²) in [5, 5.41) is 9.89. The first-order valence-corrected chi connectivity index (χ1v) is 8.50. The van der Waals surface area contributed by atoms with Gasteiger partial charge in [-0.05, 0) is 19.3 Å². The number of aliphatic hydroxyl groups is 1. The number of H-pyrrole nitrogens is 1. The molecular weight excluding hydrogens is 292 g/mol. The average Bonchev–Trinajstić information content (AvgIpc) is 3.22. The largest absolute Gasteiger partial charge is 0.396 e. The molecule has 0 radical (unpaired) electrons. The van der Waals surface area contributed by atoms with Crippen molar-refractivity contribution in [2.45, 2.75) is 45.6 Å². The molecule has 2 N–H and O–H groups in total. The first-order chi connectivity index (χ1) is 11.3. The third-order valence-electron chi connectivity index (χ3n) is 4.75. The van der Waals surface area contributed by atoms with Crippen LogP contribution in [-0.2, 0) is 17.7 Å². The van der Waals surface area contributed by atoms with Crippen LogP contribution in [0.4, 0.5) is 0 Å². The number of imidazole rings is 2. The zero-order valence-electron chi connectivity index (χ0n) is 13.8. The van der Waals surface area contributed by atoms with Crippen molar-refractivity contribution < 1.29 is 9.84 Å². The zero-order chi connectivity index (χ0) is 16.1. The highest BCUT2D eigenvalue weighted by atomic mass is 16.5. The van der Waals surface area contributed by atoms with Crippen LogP contribution in [0.2, 0.25) is 0 Å². The fraction of sp³-hybridized carbons (Fsp3) is 0.647. The molecule has 0 spiro atoms. The van der Waals surface area contributed by atoms with Gasteiger partial charge in [0.15, 0.2) is 5.82 Å². The minimum absolute atomic E-state index is 0.112. The second kappa shape index (κ2) is 7.27. The van der Waals surface area contributed by atoms with Crippen LogP contribution in [0.25, 0.3) is 11.5 Å². The molecule has 3 rings (SSSR count). The van der Waals surface area contributed by atoms with E-state index in [1.54, 1.807) is 0 Å². The van der Waals surface area contributed by atoms with Gasteiger partial charge in [0.05, 0.1) is 12.8 Å². The maximum absolute atomic E-state index is 9.89. The van der Waals surface area contributed by atoms with E-state index >= 15 is 0 Å². The van der Waals surface area contributed by atoms with Gasteiger partial charge in [0.25, 0.3) is 0 Å². The number of nitrogens with zero attached hydrogens (tertiary/aromatic N) is 3. The molecule has 1 saturated heterocycles. The van der Waals surface area contributed by atoms with Crippen LogP contribution in [0.1, 0.15) is 38.4 Å². The van der Waals surface area contributed by atoms with E-state index in [-0.39, 0.29) is 12.0 Å². The quantitative estimate of drug-likeness (QED) is 0.822. The van der Waals surface area contributed by atoms with Gasteiger partial charge in [-0.1, -0.05) is 13.3 Å². The van der Waals surface area contributed by atoms with Gasteiger partial charge in [-0.15, -0.1) is 0 Å². The normalized spacial score (nSPS) is 17.5. The van der Waals surface area contributed by atoms with E-state index in [0.717, 1.165) is 69.2 Å². The number of hydrogen-bond acceptors (Lipinski definition) is 4. The SMILES string of the molecule is CCCCc1ncc(-c2nccn2CC2(CO)CCOCC2)[nH]1. The third kappa shape index (κ3) is 3.64. The third-order valence-corrected chi connectivity index (χ3v) is 4.75. The van der Waals surface area contributed by atoms with Gasteiger partial charge in [0.2, 0.25) is 0 Å². The second-order valence-electron chi connectivity index (χ2n) is 6.50. The number of aromatic amines is 1. The monoisotopic (exact) mass is 318 g/mol. The minimum atomic E-state index is -0.112. The van der Waals surface area contributed by atoms with Crippen molar-refractivity contribution in [3.05, 3.63) is 24.4 Å². The summed E-state index contributed by atoms with van der Waals surface area (Å²) in [5.74, 6) is 1.90. The molecule has 0 aliphatic carbocycles. The molecule has 0 atom stereocenters. The summed E-state index contributed by atoms with van der Waals surface area (Å²) in [6, 6.07) is 0. The molecule has 6 heteroatoms. The van der Waals surface area contributed by atoms with E-state index in [4.69, 9.17) is 4.74 Å². The summed E-state index contributed by atoms with van der Waals surface area (Å²) in [7, 11) is 0. The van der Waals surface area contributed by atoms with Gasteiger partial charge in [-0.2, -0.15) is 0 Å². The van der Waals surface area contributed by atoms with Crippen LogP contribution in [0.5, 0.6) is 0 Å². The molecule has 1 fully saturated rings. The summed E-state index contributed by atoms with van der Waals surface area (Å²) < 4.78 is 7.57. The number of aliphatic hydroxyl groups excluding tert-OH is 1. The Bertz CT molecular complexity index is 614. The van der Waals surface area contributed by atoms with Gasteiger partial charge in [0.1, 0.15) is 11.5 Å². The van der Waals surface area contributed by atoms with Crippen LogP contribution in [0, 0.1) is 5.41 Å². The second-order valence-corrected chi connectivity index (χ2v) is 6.50. The Hall–Kier alpha value is -1.66. The highest BCUT2D eigenvalue weighted by Crippen LogP contribution is 2.33. The summed E-state index contributed by atoms with van der Waals surface area (Å²) in [4.78, 5) is 12.3. The van der Waals surface area contributed by atoms with Gasteiger partial charge in [-0.3, -0.25) is 0 Å². The Labute approximate surface area is 136 Å². The number of aromatic nitrogens is 4. The molecule has 2 aromatic heterocycles. The van der Waals surface area contributed by atoms with E-state index < -0.39 is 0 Å². The number of hydrogen-bond donors (Lipinski definition) is 2. The van der Waals surface area contributed by atoms with Crippen LogP contribution >= 0.6 is 0 Å². The molecule has 2 aromatic rings. The standard InChI is InChI=1S/C17H26N4O2/c1-2-3-4-15-19-11-14(20-15)16-18-7-8-21(16)12-17(13-22)5-9-23-10-6-17/h7-8,11,22H,2-6,9-10,12-13H2,1H3,(H,19,20). The number of ether oxygens (including phenoxy) is 1. The molecule has 1 aliphatic rings. The number of nitrogens with one attached hydrogen (secondary N) is 1. The van der Waals surface area contributed by atoms with Gasteiger partial charge < -0.3 is 19.4 Å². The van der Waals surface area contributed by atoms with Crippen molar-refractivity contribution in [3.63, 3.8) is 0 Å². The fourth-order valence-electron chi connectivity index (χ4n) is 3.16. The van der Waals surface area contributed by atoms with Crippen LogP contribution < -0.4 is 0 Å². The maximum atomic E-state index is 9.89. The summed E-state index contributed by atoms with van der Waals surface area (Å²) >= 11 is 0. The van der Waals surface area contributed by atoms with E-state index in [1.807, 2.05) is 18.6 Å². The first-order valence-electron chi connectivity index (χ1n) is 8.50. The van der Waals surface area contributed by atoms with Crippen molar-refractivity contribution in [2.24, 2.45) is 5.41 Å². The zero-order valence-corrected chi connectivity index (χ0v) is 13.8. The van der Waals surface area contributed by atoms with Gasteiger partial charge in [0, 0.05) is 44.0 Å². The Morgan fingerprint density at radius 2 is 2.17 bits per heavy atom. The number of rotatable bonds is 7. The highest BCUT2D eigenvalue weighted by Gasteiger charge is 2.33. The van der Waals surface area contributed by atoms with E-state index in [0.29, 0.717) is 0 Å². The fourth-order valence-corrected chi connectivity index (χ4v) is 3.16. The Balaban J connectivity index is 1.77. The summed E-state index contributed by atoms with van der Waals surface area (Å²) in [6.45, 7) is 4.55.